The Balaban J connectivity index is 1.72. The van der Waals surface area contributed by atoms with E-state index in [1.165, 1.54) is 24.6 Å². The maximum atomic E-state index is 11.6. The summed E-state index contributed by atoms with van der Waals surface area (Å²) >= 11 is 0. The molecule has 0 aliphatic heterocycles. The molecule has 0 spiro atoms. The van der Waals surface area contributed by atoms with Gasteiger partial charge in [0.05, 0.1) is 13.7 Å². The molecule has 0 fully saturated rings. The third kappa shape index (κ3) is 5.05. The van der Waals surface area contributed by atoms with Crippen molar-refractivity contribution in [2.75, 3.05) is 24.4 Å². The molecule has 150 valence electrons. The monoisotopic (exact) mass is 393 g/mol. The highest BCUT2D eigenvalue weighted by molar-refractivity contribution is 5.78. The maximum absolute atomic E-state index is 11.6. The summed E-state index contributed by atoms with van der Waals surface area (Å²) in [4.78, 5) is 23.9. The standard InChI is InChI=1S/C21H23N5O3/c1-14-16(9-6-10-17(14)15-7-4-3-5-8-15)11-22-20-23-13-24-21(26-20)25-18(12-27)19(28)29-2/h3-10,13,18,27H,11-12H2,1-2H3,(H2,22,23,24,25,26). The van der Waals surface area contributed by atoms with Crippen molar-refractivity contribution in [3.8, 4) is 11.1 Å². The van der Waals surface area contributed by atoms with E-state index in [9.17, 15) is 9.90 Å². The lowest BCUT2D eigenvalue weighted by Crippen LogP contribution is -2.34. The molecule has 2 aromatic carbocycles. The number of nitrogens with one attached hydrogen (secondary N) is 2. The topological polar surface area (TPSA) is 109 Å². The van der Waals surface area contributed by atoms with Crippen LogP contribution in [0.3, 0.4) is 0 Å². The summed E-state index contributed by atoms with van der Waals surface area (Å²) in [6.45, 7) is 2.17. The molecule has 3 aromatic rings. The summed E-state index contributed by atoms with van der Waals surface area (Å²) in [7, 11) is 1.25. The van der Waals surface area contributed by atoms with E-state index in [1.807, 2.05) is 30.3 Å². The second kappa shape index (κ2) is 9.61. The molecule has 1 atom stereocenters. The summed E-state index contributed by atoms with van der Waals surface area (Å²) < 4.78 is 4.62. The summed E-state index contributed by atoms with van der Waals surface area (Å²) in [6.07, 6.45) is 1.33. The average Bonchev–Trinajstić information content (AvgIpc) is 2.77. The van der Waals surface area contributed by atoms with Crippen molar-refractivity contribution in [3.05, 3.63) is 66.0 Å². The van der Waals surface area contributed by atoms with Crippen molar-refractivity contribution >= 4 is 17.9 Å². The van der Waals surface area contributed by atoms with Gasteiger partial charge in [0.15, 0.2) is 6.04 Å². The Morgan fingerprint density at radius 2 is 1.86 bits per heavy atom. The minimum atomic E-state index is -0.944. The number of esters is 1. The van der Waals surface area contributed by atoms with Crippen LogP contribution < -0.4 is 10.6 Å². The molecule has 3 N–H and O–H groups in total. The van der Waals surface area contributed by atoms with E-state index in [0.29, 0.717) is 12.5 Å². The van der Waals surface area contributed by atoms with Gasteiger partial charge in [0, 0.05) is 6.54 Å². The number of aliphatic hydroxyl groups excluding tert-OH is 1. The van der Waals surface area contributed by atoms with Gasteiger partial charge in [0.1, 0.15) is 6.33 Å². The fourth-order valence-corrected chi connectivity index (χ4v) is 2.91. The van der Waals surface area contributed by atoms with Crippen LogP contribution in [0.5, 0.6) is 0 Å². The van der Waals surface area contributed by atoms with Gasteiger partial charge in [-0.2, -0.15) is 4.98 Å². The molecule has 0 saturated heterocycles. The third-order valence-electron chi connectivity index (χ3n) is 4.51. The van der Waals surface area contributed by atoms with Gasteiger partial charge in [0.2, 0.25) is 11.9 Å². The first kappa shape index (κ1) is 20.2. The second-order valence-corrected chi connectivity index (χ2v) is 6.34. The van der Waals surface area contributed by atoms with Gasteiger partial charge < -0.3 is 20.5 Å². The van der Waals surface area contributed by atoms with Gasteiger partial charge in [-0.15, -0.1) is 0 Å². The number of hydrogen-bond donors (Lipinski definition) is 3. The minimum Gasteiger partial charge on any atom is -0.467 e. The first-order chi connectivity index (χ1) is 14.1. The number of methoxy groups -OCH3 is 1. The fourth-order valence-electron chi connectivity index (χ4n) is 2.91. The van der Waals surface area contributed by atoms with Crippen LogP contribution >= 0.6 is 0 Å². The highest BCUT2D eigenvalue weighted by atomic mass is 16.5. The Kier molecular flexibility index (Phi) is 6.70. The first-order valence-electron chi connectivity index (χ1n) is 9.14. The maximum Gasteiger partial charge on any atom is 0.330 e. The van der Waals surface area contributed by atoms with Gasteiger partial charge >= 0.3 is 5.97 Å². The molecule has 0 bridgehead atoms. The van der Waals surface area contributed by atoms with Crippen molar-refractivity contribution in [1.82, 2.24) is 15.0 Å². The highest BCUT2D eigenvalue weighted by Crippen LogP contribution is 2.25. The van der Waals surface area contributed by atoms with E-state index >= 15 is 0 Å². The number of carbonyl (C=O) groups is 1. The second-order valence-electron chi connectivity index (χ2n) is 6.34. The molecule has 0 amide bonds. The number of rotatable bonds is 8. The SMILES string of the molecule is COC(=O)C(CO)Nc1ncnc(NCc2cccc(-c3ccccc3)c2C)n1. The zero-order valence-electron chi connectivity index (χ0n) is 16.3. The number of benzene rings is 2. The van der Waals surface area contributed by atoms with Crippen LogP contribution in [0, 0.1) is 6.92 Å². The summed E-state index contributed by atoms with van der Waals surface area (Å²) in [5.41, 5.74) is 4.62. The number of aliphatic hydroxyl groups is 1. The van der Waals surface area contributed by atoms with Crippen LogP contribution in [0.2, 0.25) is 0 Å². The number of nitrogens with zero attached hydrogens (tertiary/aromatic N) is 3. The van der Waals surface area contributed by atoms with Crippen LogP contribution in [0.4, 0.5) is 11.9 Å². The van der Waals surface area contributed by atoms with Crippen LogP contribution in [-0.2, 0) is 16.1 Å². The number of carbonyl (C=O) groups excluding carboxylic acids is 1. The predicted octanol–water partition coefficient (Wildman–Crippen LogP) is 2.40. The molecular weight excluding hydrogens is 370 g/mol. The lowest BCUT2D eigenvalue weighted by Gasteiger charge is -2.15. The third-order valence-corrected chi connectivity index (χ3v) is 4.51. The van der Waals surface area contributed by atoms with Crippen molar-refractivity contribution in [1.29, 1.82) is 0 Å². The van der Waals surface area contributed by atoms with Crippen molar-refractivity contribution in [3.63, 3.8) is 0 Å². The molecule has 0 aliphatic rings. The van der Waals surface area contributed by atoms with E-state index in [1.54, 1.807) is 0 Å². The molecule has 3 rings (SSSR count). The van der Waals surface area contributed by atoms with Crippen LogP contribution in [0.15, 0.2) is 54.9 Å². The van der Waals surface area contributed by atoms with Crippen LogP contribution in [0.1, 0.15) is 11.1 Å². The molecule has 8 nitrogen and oxygen atoms in total. The first-order valence-corrected chi connectivity index (χ1v) is 9.14. The Morgan fingerprint density at radius 3 is 2.59 bits per heavy atom. The number of ether oxygens (including phenoxy) is 1. The summed E-state index contributed by atoms with van der Waals surface area (Å²) in [5.74, 6) is -0.0777. The van der Waals surface area contributed by atoms with Crippen LogP contribution in [-0.4, -0.2) is 45.8 Å². The molecule has 1 unspecified atom stereocenters. The quantitative estimate of drug-likeness (QED) is 0.501. The molecular formula is C21H23N5O3. The average molecular weight is 393 g/mol. The summed E-state index contributed by atoms with van der Waals surface area (Å²) in [6, 6.07) is 15.4. The van der Waals surface area contributed by atoms with Gasteiger partial charge in [-0.25, -0.2) is 14.8 Å². The zero-order chi connectivity index (χ0) is 20.6. The largest absolute Gasteiger partial charge is 0.467 e. The number of hydrogen-bond acceptors (Lipinski definition) is 8. The lowest BCUT2D eigenvalue weighted by atomic mass is 9.96. The molecule has 1 heterocycles. The minimum absolute atomic E-state index is 0.168. The molecule has 29 heavy (non-hydrogen) atoms. The smallest absolute Gasteiger partial charge is 0.330 e. The van der Waals surface area contributed by atoms with E-state index in [0.717, 1.165) is 11.1 Å². The van der Waals surface area contributed by atoms with Crippen molar-refractivity contribution < 1.29 is 14.6 Å². The van der Waals surface area contributed by atoms with Crippen molar-refractivity contribution in [2.45, 2.75) is 19.5 Å². The Hall–Kier alpha value is -3.52. The molecule has 8 heteroatoms. The van der Waals surface area contributed by atoms with E-state index < -0.39 is 18.6 Å². The Labute approximate surface area is 169 Å². The molecule has 0 saturated carbocycles. The summed E-state index contributed by atoms with van der Waals surface area (Å²) in [5, 5.41) is 15.2. The molecule has 1 aromatic heterocycles. The van der Waals surface area contributed by atoms with Crippen LogP contribution in [0.25, 0.3) is 11.1 Å². The highest BCUT2D eigenvalue weighted by Gasteiger charge is 2.19. The zero-order valence-corrected chi connectivity index (χ0v) is 16.3. The predicted molar refractivity (Wildman–Crippen MR) is 110 cm³/mol. The van der Waals surface area contributed by atoms with Gasteiger partial charge in [-0.1, -0.05) is 48.5 Å². The fraction of sp³-hybridized carbons (Fsp3) is 0.238. The lowest BCUT2D eigenvalue weighted by molar-refractivity contribution is -0.142. The van der Waals surface area contributed by atoms with E-state index in [2.05, 4.69) is 55.4 Å². The number of aromatic nitrogens is 3. The van der Waals surface area contributed by atoms with Crippen molar-refractivity contribution in [2.24, 2.45) is 0 Å². The van der Waals surface area contributed by atoms with E-state index in [-0.39, 0.29) is 5.95 Å². The van der Waals surface area contributed by atoms with Gasteiger partial charge in [-0.3, -0.25) is 0 Å². The number of anilines is 2. The van der Waals surface area contributed by atoms with E-state index in [4.69, 9.17) is 0 Å². The van der Waals surface area contributed by atoms with Gasteiger partial charge in [-0.05, 0) is 29.2 Å². The van der Waals surface area contributed by atoms with Gasteiger partial charge in [0.25, 0.3) is 0 Å². The normalized spacial score (nSPS) is 11.6. The molecule has 0 radical (unpaired) electrons. The Bertz CT molecular complexity index is 966. The Morgan fingerprint density at radius 1 is 1.10 bits per heavy atom. The molecule has 0 aliphatic carbocycles.